The van der Waals surface area contributed by atoms with Crippen LogP contribution in [-0.2, 0) is 15.7 Å². The van der Waals surface area contributed by atoms with E-state index in [1.165, 1.54) is 6.42 Å². The predicted molar refractivity (Wildman–Crippen MR) is 137 cm³/mol. The molecule has 1 aromatic carbocycles. The van der Waals surface area contributed by atoms with Crippen molar-refractivity contribution in [3.05, 3.63) is 35.6 Å². The van der Waals surface area contributed by atoms with Crippen LogP contribution in [-0.4, -0.2) is 66.0 Å². The number of hydrogen-bond donors (Lipinski definition) is 0. The average molecular weight is 470 g/mol. The molecule has 4 aliphatic rings. The van der Waals surface area contributed by atoms with Crippen LogP contribution >= 0.6 is 20.4 Å². The van der Waals surface area contributed by atoms with Crippen molar-refractivity contribution >= 4 is 27.5 Å². The minimum Gasteiger partial charge on any atom is -0.404 e. The highest BCUT2D eigenvalue weighted by molar-refractivity contribution is 8.43. The van der Waals surface area contributed by atoms with Crippen molar-refractivity contribution in [2.75, 3.05) is 37.5 Å². The van der Waals surface area contributed by atoms with Crippen molar-refractivity contribution in [1.82, 2.24) is 3.71 Å². The highest BCUT2D eigenvalue weighted by Gasteiger charge is 2.69. The molecule has 1 aromatic rings. The lowest BCUT2D eigenvalue weighted by molar-refractivity contribution is -0.199. The van der Waals surface area contributed by atoms with E-state index in [1.807, 2.05) is 12.1 Å². The van der Waals surface area contributed by atoms with E-state index in [-0.39, 0.29) is 30.6 Å². The van der Waals surface area contributed by atoms with E-state index in [0.717, 1.165) is 24.3 Å². The molecule has 3 nitrogen and oxygen atoms in total. The van der Waals surface area contributed by atoms with Gasteiger partial charge in [0.25, 0.3) is 0 Å². The summed E-state index contributed by atoms with van der Waals surface area (Å²) < 4.78 is 30.0. The molecule has 0 spiro atoms. The molecule has 0 amide bonds. The second-order valence-corrected chi connectivity index (χ2v) is 20.2. The van der Waals surface area contributed by atoms with Gasteiger partial charge in [0.1, 0.15) is 5.82 Å². The molecule has 5 rings (SSSR count). The third kappa shape index (κ3) is 4.11. The minimum atomic E-state index is -1.03. The lowest BCUT2D eigenvalue weighted by Gasteiger charge is -2.64. The molecule has 1 aliphatic heterocycles. The fraction of sp³-hybridized carbons (Fsp3) is 0.750. The highest BCUT2D eigenvalue weighted by atomic mass is 32.3. The van der Waals surface area contributed by atoms with Gasteiger partial charge in [-0.1, -0.05) is 26.0 Å². The topological polar surface area (TPSA) is 21.7 Å². The Morgan fingerprint density at radius 2 is 1.61 bits per heavy atom. The van der Waals surface area contributed by atoms with E-state index in [0.29, 0.717) is 11.3 Å². The molecule has 0 unspecified atom stereocenters. The van der Waals surface area contributed by atoms with Crippen LogP contribution in [0.1, 0.15) is 39.2 Å². The van der Waals surface area contributed by atoms with Crippen LogP contribution in [0.2, 0.25) is 0 Å². The monoisotopic (exact) mass is 469 g/mol. The van der Waals surface area contributed by atoms with Crippen molar-refractivity contribution in [2.24, 2.45) is 17.3 Å². The van der Waals surface area contributed by atoms with Crippen LogP contribution in [0, 0.1) is 23.1 Å². The van der Waals surface area contributed by atoms with Gasteiger partial charge in [-0.05, 0) is 98.7 Å². The Labute approximate surface area is 192 Å². The lowest BCUT2D eigenvalue weighted by atomic mass is 9.43. The van der Waals surface area contributed by atoms with Gasteiger partial charge in [0.15, 0.2) is 0 Å². The van der Waals surface area contributed by atoms with Crippen LogP contribution in [0.15, 0.2) is 24.3 Å². The number of rotatable bonds is 6. The first-order chi connectivity index (χ1) is 14.1. The molecule has 7 heteroatoms. The van der Waals surface area contributed by atoms with Crippen LogP contribution in [0.5, 0.6) is 0 Å². The Kier molecular flexibility index (Phi) is 5.91. The summed E-state index contributed by atoms with van der Waals surface area (Å²) in [6.45, 7) is 7.11. The van der Waals surface area contributed by atoms with Gasteiger partial charge < -0.3 is 9.31 Å². The lowest BCUT2D eigenvalue weighted by Crippen LogP contribution is -2.65. The molecular weight excluding hydrogens is 428 g/mol. The summed E-state index contributed by atoms with van der Waals surface area (Å²) in [5.41, 5.74) is 1.26. The maximum atomic E-state index is 13.6. The van der Waals surface area contributed by atoms with E-state index >= 15 is 0 Å². The van der Waals surface area contributed by atoms with Gasteiger partial charge in [0.2, 0.25) is 0 Å². The molecular formula is C24H41BFNO2S2. The predicted octanol–water partition coefficient (Wildman–Crippen LogP) is 5.52. The fourth-order valence-corrected chi connectivity index (χ4v) is 14.0. The van der Waals surface area contributed by atoms with Gasteiger partial charge in [-0.3, -0.25) is 0 Å². The Hall–Kier alpha value is -0.205. The summed E-state index contributed by atoms with van der Waals surface area (Å²) in [7, 11) is -2.32. The van der Waals surface area contributed by atoms with Crippen molar-refractivity contribution in [3.8, 4) is 0 Å². The fourth-order valence-electron chi connectivity index (χ4n) is 6.68. The zero-order chi connectivity index (χ0) is 23.0. The van der Waals surface area contributed by atoms with Gasteiger partial charge >= 0.3 is 7.12 Å². The SMILES string of the molecule is CC1(C)[C@@H]2C[C@H]3OB([C@H](Cc4ccc(F)cc4)N(S(C)(C)C)S(C)(C)C)O[C@@]3(C)[C@H]1C2. The number of benzene rings is 1. The smallest absolute Gasteiger partial charge is 0.404 e. The highest BCUT2D eigenvalue weighted by Crippen LogP contribution is 2.66. The first-order valence-electron chi connectivity index (χ1n) is 11.4. The first kappa shape index (κ1) is 23.9. The summed E-state index contributed by atoms with van der Waals surface area (Å²) in [5.74, 6) is 1.22. The molecule has 176 valence electrons. The van der Waals surface area contributed by atoms with E-state index in [1.54, 1.807) is 12.1 Å². The Balaban J connectivity index is 1.68. The summed E-state index contributed by atoms with van der Waals surface area (Å²) >= 11 is 0. The second-order valence-electron chi connectivity index (χ2n) is 12.1. The van der Waals surface area contributed by atoms with Crippen LogP contribution in [0.4, 0.5) is 4.39 Å². The van der Waals surface area contributed by atoms with E-state index in [4.69, 9.17) is 9.31 Å². The van der Waals surface area contributed by atoms with Gasteiger partial charge in [-0.15, -0.1) is 0 Å². The molecule has 0 N–H and O–H groups in total. The summed E-state index contributed by atoms with van der Waals surface area (Å²) in [5, 5.41) is 0. The molecule has 2 bridgehead atoms. The summed E-state index contributed by atoms with van der Waals surface area (Å²) in [4.78, 5) is 0. The Morgan fingerprint density at radius 3 is 2.13 bits per heavy atom. The molecule has 1 saturated heterocycles. The molecule has 4 fully saturated rings. The largest absolute Gasteiger partial charge is 0.478 e. The minimum absolute atomic E-state index is 0.109. The standard InChI is InChI=1S/C24H41BFNO2S2/c1-23(2)18-15-20(23)24(3)21(16-18)28-25(29-24)22(14-17-10-12-19(26)13-11-17)27(30(4,5)6)31(7,8)9/h10-13,18,20-22H,14-16H2,1-9H3/t18-,20-,21+,22-,24-/m0/s1. The van der Waals surface area contributed by atoms with Gasteiger partial charge in [0, 0.05) is 0 Å². The number of halogens is 1. The maximum absolute atomic E-state index is 13.6. The third-order valence-corrected chi connectivity index (χ3v) is 13.4. The molecule has 3 aliphatic carbocycles. The van der Waals surface area contributed by atoms with Crippen molar-refractivity contribution < 1.29 is 13.7 Å². The normalized spacial score (nSPS) is 34.3. The van der Waals surface area contributed by atoms with Crippen molar-refractivity contribution in [3.63, 3.8) is 0 Å². The molecule has 5 atom stereocenters. The molecule has 0 aromatic heterocycles. The zero-order valence-electron chi connectivity index (χ0n) is 20.8. The summed E-state index contributed by atoms with van der Waals surface area (Å²) in [6.07, 6.45) is 17.6. The van der Waals surface area contributed by atoms with Gasteiger partial charge in [-0.25, -0.2) is 8.10 Å². The third-order valence-electron chi connectivity index (χ3n) is 7.99. The molecule has 0 radical (unpaired) electrons. The number of hydrogen-bond acceptors (Lipinski definition) is 3. The molecule has 1 heterocycles. The average Bonchev–Trinajstić information content (AvgIpc) is 2.97. The van der Waals surface area contributed by atoms with Crippen LogP contribution < -0.4 is 0 Å². The molecule has 31 heavy (non-hydrogen) atoms. The Bertz CT molecular complexity index is 808. The van der Waals surface area contributed by atoms with E-state index in [9.17, 15) is 4.39 Å². The summed E-state index contributed by atoms with van der Waals surface area (Å²) in [6, 6.07) is 6.97. The zero-order valence-corrected chi connectivity index (χ0v) is 22.4. The Morgan fingerprint density at radius 1 is 1.03 bits per heavy atom. The first-order valence-corrected chi connectivity index (χ1v) is 17.0. The second kappa shape index (κ2) is 7.66. The number of nitrogens with zero attached hydrogens (tertiary/aromatic N) is 1. The van der Waals surface area contributed by atoms with E-state index < -0.39 is 20.4 Å². The van der Waals surface area contributed by atoms with Crippen molar-refractivity contribution in [1.29, 1.82) is 0 Å². The van der Waals surface area contributed by atoms with Crippen LogP contribution in [0.3, 0.4) is 0 Å². The van der Waals surface area contributed by atoms with Gasteiger partial charge in [-0.2, -0.15) is 20.4 Å². The maximum Gasteiger partial charge on any atom is 0.478 e. The quantitative estimate of drug-likeness (QED) is 0.512. The van der Waals surface area contributed by atoms with Crippen LogP contribution in [0.25, 0.3) is 0 Å². The van der Waals surface area contributed by atoms with E-state index in [2.05, 4.69) is 62.0 Å². The molecule has 3 saturated carbocycles. The van der Waals surface area contributed by atoms with Gasteiger partial charge in [0.05, 0.1) is 17.6 Å². The van der Waals surface area contributed by atoms with Crippen molar-refractivity contribution in [2.45, 2.75) is 57.7 Å².